The summed E-state index contributed by atoms with van der Waals surface area (Å²) in [6, 6.07) is 2.08. The second kappa shape index (κ2) is 8.04. The second-order valence-electron chi connectivity index (χ2n) is 7.08. The summed E-state index contributed by atoms with van der Waals surface area (Å²) in [4.78, 5) is 25.0. The van der Waals surface area contributed by atoms with Gasteiger partial charge in [-0.05, 0) is 44.2 Å². The Labute approximate surface area is 163 Å². The molecule has 0 radical (unpaired) electrons. The molecule has 0 saturated carbocycles. The van der Waals surface area contributed by atoms with E-state index in [1.54, 1.807) is 13.8 Å². The molecule has 0 aliphatic carbocycles. The largest absolute Gasteiger partial charge is 0.464 e. The number of nitrogens with zero attached hydrogens (tertiary/aromatic N) is 4. The summed E-state index contributed by atoms with van der Waals surface area (Å²) in [5, 5.41) is 4.19. The summed E-state index contributed by atoms with van der Waals surface area (Å²) >= 11 is 0. The fraction of sp³-hybridized carbons (Fsp3) is 0.611. The molecular formula is C18H26N4O5S. The van der Waals surface area contributed by atoms with E-state index >= 15 is 0 Å². The lowest BCUT2D eigenvalue weighted by atomic mass is 10.0. The smallest absolute Gasteiger partial charge is 0.351 e. The van der Waals surface area contributed by atoms with Crippen molar-refractivity contribution in [2.45, 2.75) is 51.0 Å². The van der Waals surface area contributed by atoms with E-state index in [4.69, 9.17) is 4.74 Å². The molecule has 0 amide bonds. The Morgan fingerprint density at radius 2 is 1.96 bits per heavy atom. The molecule has 2 aromatic rings. The van der Waals surface area contributed by atoms with Gasteiger partial charge in [-0.25, -0.2) is 22.4 Å². The van der Waals surface area contributed by atoms with Crippen LogP contribution in [0.3, 0.4) is 0 Å². The minimum Gasteiger partial charge on any atom is -0.464 e. The minimum atomic E-state index is -3.69. The normalized spacial score (nSPS) is 17.7. The van der Waals surface area contributed by atoms with E-state index in [1.807, 2.05) is 0 Å². The number of rotatable bonds is 6. The van der Waals surface area contributed by atoms with Crippen LogP contribution in [-0.4, -0.2) is 52.6 Å². The van der Waals surface area contributed by atoms with Crippen molar-refractivity contribution in [3.05, 3.63) is 28.8 Å². The molecule has 3 rings (SSSR count). The highest BCUT2D eigenvalue weighted by atomic mass is 32.2. The quantitative estimate of drug-likeness (QED) is 0.668. The maximum absolute atomic E-state index is 12.9. The van der Waals surface area contributed by atoms with E-state index in [9.17, 15) is 18.0 Å². The average molecular weight is 410 g/mol. The Bertz CT molecular complexity index is 1020. The second-order valence-corrected chi connectivity index (χ2v) is 9.02. The maximum atomic E-state index is 12.9. The van der Waals surface area contributed by atoms with Crippen molar-refractivity contribution in [2.75, 3.05) is 19.7 Å². The zero-order chi connectivity index (χ0) is 20.5. The highest BCUT2D eigenvalue weighted by molar-refractivity contribution is 7.89. The monoisotopic (exact) mass is 410 g/mol. The summed E-state index contributed by atoms with van der Waals surface area (Å²) in [6.07, 6.45) is 3.25. The number of carbonyl (C=O) groups excluding carboxylic acids is 1. The molecule has 0 N–H and O–H groups in total. The van der Waals surface area contributed by atoms with E-state index < -0.39 is 27.7 Å². The minimum absolute atomic E-state index is 0.0420. The Hall–Kier alpha value is -2.20. The van der Waals surface area contributed by atoms with E-state index in [2.05, 4.69) is 12.0 Å². The molecule has 10 heteroatoms. The highest BCUT2D eigenvalue weighted by Crippen LogP contribution is 2.23. The lowest BCUT2D eigenvalue weighted by Crippen LogP contribution is -2.38. The van der Waals surface area contributed by atoms with E-state index in [-0.39, 0.29) is 17.1 Å². The lowest BCUT2D eigenvalue weighted by Gasteiger charge is -2.29. The van der Waals surface area contributed by atoms with Crippen molar-refractivity contribution in [2.24, 2.45) is 5.92 Å². The molecule has 0 aromatic carbocycles. The van der Waals surface area contributed by atoms with Crippen molar-refractivity contribution in [1.82, 2.24) is 18.5 Å². The Balaban J connectivity index is 1.99. The van der Waals surface area contributed by atoms with Gasteiger partial charge in [0.05, 0.1) is 11.5 Å². The third-order valence-corrected chi connectivity index (χ3v) is 7.02. The topological polar surface area (TPSA) is 103 Å². The Kier molecular flexibility index (Phi) is 5.90. The first-order valence-electron chi connectivity index (χ1n) is 9.57. The molecule has 3 heterocycles. The van der Waals surface area contributed by atoms with Crippen molar-refractivity contribution < 1.29 is 17.9 Å². The van der Waals surface area contributed by atoms with Crippen molar-refractivity contribution in [3.8, 4) is 0 Å². The number of aromatic nitrogens is 3. The predicted octanol–water partition coefficient (Wildman–Crippen LogP) is 1.43. The first-order valence-corrected chi connectivity index (χ1v) is 11.0. The van der Waals surface area contributed by atoms with Gasteiger partial charge in [-0.2, -0.15) is 8.99 Å². The number of esters is 1. The van der Waals surface area contributed by atoms with Gasteiger partial charge in [0.1, 0.15) is 0 Å². The highest BCUT2D eigenvalue weighted by Gasteiger charge is 2.29. The molecule has 1 atom stereocenters. The summed E-state index contributed by atoms with van der Waals surface area (Å²) in [5.74, 6) is -0.0329. The SMILES string of the molecule is CCOC(=O)[C@H](CC)n1nc2ccc(S(=O)(=O)N3CCC(C)CC3)cn2c1=O. The van der Waals surface area contributed by atoms with Gasteiger partial charge >= 0.3 is 11.7 Å². The van der Waals surface area contributed by atoms with E-state index in [1.165, 1.54) is 27.0 Å². The van der Waals surface area contributed by atoms with Gasteiger partial charge in [0, 0.05) is 19.3 Å². The zero-order valence-corrected chi connectivity index (χ0v) is 17.2. The molecule has 1 aliphatic rings. The zero-order valence-electron chi connectivity index (χ0n) is 16.4. The molecule has 1 fully saturated rings. The lowest BCUT2D eigenvalue weighted by molar-refractivity contribution is -0.147. The molecular weight excluding hydrogens is 384 g/mol. The van der Waals surface area contributed by atoms with Gasteiger partial charge < -0.3 is 4.74 Å². The van der Waals surface area contributed by atoms with Crippen LogP contribution in [0, 0.1) is 5.92 Å². The number of sulfonamides is 1. The van der Waals surface area contributed by atoms with Crippen LogP contribution in [0.4, 0.5) is 0 Å². The number of hydrogen-bond acceptors (Lipinski definition) is 6. The summed E-state index contributed by atoms with van der Waals surface area (Å²) < 4.78 is 34.6. The third-order valence-electron chi connectivity index (χ3n) is 5.13. The van der Waals surface area contributed by atoms with E-state index in [0.717, 1.165) is 17.5 Å². The molecule has 9 nitrogen and oxygen atoms in total. The van der Waals surface area contributed by atoms with Crippen LogP contribution in [0.1, 0.15) is 46.1 Å². The van der Waals surface area contributed by atoms with Gasteiger partial charge in [-0.1, -0.05) is 13.8 Å². The van der Waals surface area contributed by atoms with Gasteiger partial charge in [-0.3, -0.25) is 0 Å². The first kappa shape index (κ1) is 20.5. The first-order chi connectivity index (χ1) is 13.3. The number of piperidine rings is 1. The molecule has 1 saturated heterocycles. The van der Waals surface area contributed by atoms with Crippen molar-refractivity contribution in [1.29, 1.82) is 0 Å². The summed E-state index contributed by atoms with van der Waals surface area (Å²) in [5.41, 5.74) is -0.293. The molecule has 28 heavy (non-hydrogen) atoms. The summed E-state index contributed by atoms with van der Waals surface area (Å²) in [7, 11) is -3.69. The van der Waals surface area contributed by atoms with Crippen LogP contribution in [0.15, 0.2) is 28.0 Å². The van der Waals surface area contributed by atoms with Gasteiger partial charge in [0.15, 0.2) is 11.7 Å². The van der Waals surface area contributed by atoms with Crippen molar-refractivity contribution in [3.63, 3.8) is 0 Å². The predicted molar refractivity (Wildman–Crippen MR) is 103 cm³/mol. The molecule has 154 valence electrons. The third kappa shape index (κ3) is 3.70. The number of carbonyl (C=O) groups is 1. The Morgan fingerprint density at radius 1 is 1.29 bits per heavy atom. The van der Waals surface area contributed by atoms with E-state index in [0.29, 0.717) is 25.4 Å². The number of fused-ring (bicyclic) bond motifs is 1. The number of hydrogen-bond donors (Lipinski definition) is 0. The molecule has 0 spiro atoms. The van der Waals surface area contributed by atoms with Crippen LogP contribution in [-0.2, 0) is 19.6 Å². The fourth-order valence-corrected chi connectivity index (χ4v) is 4.85. The van der Waals surface area contributed by atoms with Crippen LogP contribution < -0.4 is 5.69 Å². The number of ether oxygens (including phenoxy) is 1. The van der Waals surface area contributed by atoms with Gasteiger partial charge in [0.25, 0.3) is 0 Å². The summed E-state index contributed by atoms with van der Waals surface area (Å²) in [6.45, 7) is 6.69. The van der Waals surface area contributed by atoms with Crippen LogP contribution in [0.2, 0.25) is 0 Å². The number of pyridine rings is 1. The van der Waals surface area contributed by atoms with Crippen LogP contribution >= 0.6 is 0 Å². The molecule has 0 unspecified atom stereocenters. The standard InChI is InChI=1S/C18H26N4O5S/c1-4-15(17(23)27-5-2)22-18(24)21-12-14(6-7-16(21)19-22)28(25,26)20-10-8-13(3)9-11-20/h6-7,12-13,15H,4-5,8-11H2,1-3H3/t15-/m0/s1. The molecule has 1 aliphatic heterocycles. The Morgan fingerprint density at radius 3 is 2.57 bits per heavy atom. The van der Waals surface area contributed by atoms with Crippen molar-refractivity contribution >= 4 is 21.6 Å². The molecule has 0 bridgehead atoms. The van der Waals surface area contributed by atoms with Crippen LogP contribution in [0.25, 0.3) is 5.65 Å². The van der Waals surface area contributed by atoms with Gasteiger partial charge in [-0.15, -0.1) is 5.10 Å². The maximum Gasteiger partial charge on any atom is 0.351 e. The molecule has 2 aromatic heterocycles. The fourth-order valence-electron chi connectivity index (χ4n) is 3.38. The van der Waals surface area contributed by atoms with Gasteiger partial charge in [0.2, 0.25) is 10.0 Å². The average Bonchev–Trinajstić information content (AvgIpc) is 2.99. The van der Waals surface area contributed by atoms with Crippen LogP contribution in [0.5, 0.6) is 0 Å².